The van der Waals surface area contributed by atoms with Crippen LogP contribution in [0.5, 0.6) is 11.5 Å². The molecule has 0 saturated carbocycles. The predicted octanol–water partition coefficient (Wildman–Crippen LogP) is 5.93. The Balaban J connectivity index is 1.97. The third kappa shape index (κ3) is 2.18. The highest BCUT2D eigenvalue weighted by Gasteiger charge is 2.32. The normalized spacial score (nSPS) is 12.0. The first-order valence-corrected chi connectivity index (χ1v) is 9.50. The molecule has 0 bridgehead atoms. The molecule has 0 atom stereocenters. The van der Waals surface area contributed by atoms with E-state index in [2.05, 4.69) is 67.6 Å². The van der Waals surface area contributed by atoms with Crippen LogP contribution in [0.3, 0.4) is 0 Å². The molecule has 0 unspecified atom stereocenters. The van der Waals surface area contributed by atoms with Gasteiger partial charge in [0.05, 0.1) is 10.9 Å². The minimum atomic E-state index is 0.375. The number of aryl methyl sites for hydroxylation is 3. The Morgan fingerprint density at radius 3 is 2.64 bits per heavy atom. The Hall–Kier alpha value is -3.38. The van der Waals surface area contributed by atoms with Crippen LogP contribution in [0, 0.1) is 27.3 Å². The van der Waals surface area contributed by atoms with E-state index in [4.69, 9.17) is 11.3 Å². The summed E-state index contributed by atoms with van der Waals surface area (Å²) in [6, 6.07) is 14.9. The molecule has 0 amide bonds. The molecule has 0 N–H and O–H groups in total. The van der Waals surface area contributed by atoms with Crippen molar-refractivity contribution in [3.8, 4) is 22.8 Å². The molecular weight excluding hydrogens is 344 g/mol. The van der Waals surface area contributed by atoms with E-state index in [9.17, 15) is 0 Å². The summed E-state index contributed by atoms with van der Waals surface area (Å²) in [5, 5.41) is 3.49. The molecule has 2 heterocycles. The van der Waals surface area contributed by atoms with Crippen LogP contribution in [0.2, 0.25) is 0 Å². The van der Waals surface area contributed by atoms with E-state index in [1.54, 1.807) is 0 Å². The summed E-state index contributed by atoms with van der Waals surface area (Å²) >= 11 is 0. The zero-order valence-corrected chi connectivity index (χ0v) is 16.6. The van der Waals surface area contributed by atoms with E-state index in [1.165, 1.54) is 33.0 Å². The van der Waals surface area contributed by atoms with Gasteiger partial charge < -0.3 is 9.58 Å². The highest BCUT2D eigenvalue weighted by atomic mass is 16.5. The molecule has 0 spiro atoms. The van der Waals surface area contributed by atoms with Gasteiger partial charge in [-0.15, -0.1) is 0 Å². The second kappa shape index (κ2) is 5.81. The summed E-state index contributed by atoms with van der Waals surface area (Å²) in [5.74, 6) is 1.78. The molecule has 3 aromatic carbocycles. The first kappa shape index (κ1) is 16.8. The fourth-order valence-electron chi connectivity index (χ4n) is 4.52. The molecular formula is C25H21N2O+. The maximum atomic E-state index is 7.29. The number of hydrogen-bond acceptors (Lipinski definition) is 1. The Kier molecular flexibility index (Phi) is 3.48. The van der Waals surface area contributed by atoms with Crippen LogP contribution in [-0.4, -0.2) is 0 Å². The van der Waals surface area contributed by atoms with Gasteiger partial charge in [-0.25, -0.2) is 6.57 Å². The molecule has 0 aliphatic carbocycles. The standard InChI is InChI=1S/C25H21N2O/c1-14-9-18-11-15(2)16(3)23-24(18)21(10-14)28-22-12-19-17(13-26-4)7-6-8-20(19)27(5)25(22)23/h6-12H,13H2,1-3,5H3/q+1. The van der Waals surface area contributed by atoms with Crippen molar-refractivity contribution in [2.24, 2.45) is 7.05 Å². The van der Waals surface area contributed by atoms with E-state index in [-0.39, 0.29) is 0 Å². The number of nitrogens with zero attached hydrogens (tertiary/aromatic N) is 2. The van der Waals surface area contributed by atoms with Crippen LogP contribution in [0.4, 0.5) is 0 Å². The van der Waals surface area contributed by atoms with E-state index < -0.39 is 0 Å². The first-order valence-electron chi connectivity index (χ1n) is 9.50. The Morgan fingerprint density at radius 1 is 1.04 bits per heavy atom. The van der Waals surface area contributed by atoms with Crippen LogP contribution < -0.4 is 9.30 Å². The van der Waals surface area contributed by atoms with Gasteiger partial charge in [-0.2, -0.15) is 4.57 Å². The Bertz CT molecular complexity index is 1360. The van der Waals surface area contributed by atoms with Gasteiger partial charge in [-0.05, 0) is 48.9 Å². The Labute approximate surface area is 164 Å². The molecule has 5 rings (SSSR count). The van der Waals surface area contributed by atoms with Crippen LogP contribution >= 0.6 is 0 Å². The van der Waals surface area contributed by atoms with Crippen molar-refractivity contribution < 1.29 is 9.30 Å². The molecule has 28 heavy (non-hydrogen) atoms. The summed E-state index contributed by atoms with van der Waals surface area (Å²) in [7, 11) is 2.10. The fourth-order valence-corrected chi connectivity index (χ4v) is 4.52. The topological polar surface area (TPSA) is 17.5 Å². The average molecular weight is 365 g/mol. The van der Waals surface area contributed by atoms with Gasteiger partial charge in [0.25, 0.3) is 5.69 Å². The largest absolute Gasteiger partial charge is 0.450 e. The minimum Gasteiger partial charge on any atom is -0.450 e. The van der Waals surface area contributed by atoms with Gasteiger partial charge in [-0.1, -0.05) is 24.3 Å². The number of hydrogen-bond donors (Lipinski definition) is 0. The van der Waals surface area contributed by atoms with Crippen molar-refractivity contribution in [3.63, 3.8) is 0 Å². The smallest absolute Gasteiger partial charge is 0.256 e. The molecule has 0 fully saturated rings. The lowest BCUT2D eigenvalue weighted by atomic mass is 9.89. The summed E-state index contributed by atoms with van der Waals surface area (Å²) < 4.78 is 8.67. The molecule has 0 radical (unpaired) electrons. The van der Waals surface area contributed by atoms with Gasteiger partial charge >= 0.3 is 0 Å². The number of aromatic nitrogens is 1. The third-order valence-electron chi connectivity index (χ3n) is 5.95. The van der Waals surface area contributed by atoms with Gasteiger partial charge in [-0.3, -0.25) is 0 Å². The second-order valence-electron chi connectivity index (χ2n) is 7.74. The number of fused-ring (bicyclic) bond motifs is 3. The summed E-state index contributed by atoms with van der Waals surface area (Å²) in [5.41, 5.74) is 8.28. The lowest BCUT2D eigenvalue weighted by Gasteiger charge is -2.23. The molecule has 4 aromatic rings. The van der Waals surface area contributed by atoms with Crippen LogP contribution in [0.15, 0.2) is 42.5 Å². The predicted molar refractivity (Wildman–Crippen MR) is 113 cm³/mol. The van der Waals surface area contributed by atoms with E-state index in [0.717, 1.165) is 33.7 Å². The lowest BCUT2D eigenvalue weighted by Crippen LogP contribution is -2.33. The number of benzene rings is 3. The summed E-state index contributed by atoms with van der Waals surface area (Å²) in [6.07, 6.45) is 0. The van der Waals surface area contributed by atoms with E-state index >= 15 is 0 Å². The SMILES string of the molecule is [C-]#[N+]Cc1cccc2c1cc1c([n+]2C)-c2c(C)c(C)cc3cc(C)cc(c23)O1. The molecule has 1 aliphatic rings. The zero-order valence-electron chi connectivity index (χ0n) is 16.6. The van der Waals surface area contributed by atoms with Crippen molar-refractivity contribution in [1.29, 1.82) is 0 Å². The molecule has 1 aliphatic heterocycles. The number of ether oxygens (including phenoxy) is 1. The van der Waals surface area contributed by atoms with Crippen molar-refractivity contribution in [2.75, 3.05) is 0 Å². The van der Waals surface area contributed by atoms with Crippen molar-refractivity contribution in [1.82, 2.24) is 0 Å². The number of rotatable bonds is 1. The summed E-state index contributed by atoms with van der Waals surface area (Å²) in [4.78, 5) is 3.60. The van der Waals surface area contributed by atoms with Crippen LogP contribution in [-0.2, 0) is 13.6 Å². The molecule has 3 nitrogen and oxygen atoms in total. The van der Waals surface area contributed by atoms with Crippen LogP contribution in [0.1, 0.15) is 22.3 Å². The molecule has 0 saturated heterocycles. The average Bonchev–Trinajstić information content (AvgIpc) is 2.66. The molecule has 1 aromatic heterocycles. The monoisotopic (exact) mass is 365 g/mol. The van der Waals surface area contributed by atoms with Crippen molar-refractivity contribution in [2.45, 2.75) is 27.3 Å². The highest BCUT2D eigenvalue weighted by Crippen LogP contribution is 2.48. The van der Waals surface area contributed by atoms with E-state index in [0.29, 0.717) is 6.54 Å². The second-order valence-corrected chi connectivity index (χ2v) is 7.74. The molecule has 136 valence electrons. The molecule has 3 heteroatoms. The first-order chi connectivity index (χ1) is 13.5. The quantitative estimate of drug-likeness (QED) is 0.266. The highest BCUT2D eigenvalue weighted by molar-refractivity contribution is 6.05. The minimum absolute atomic E-state index is 0.375. The lowest BCUT2D eigenvalue weighted by molar-refractivity contribution is -0.633. The van der Waals surface area contributed by atoms with Gasteiger partial charge in [0.15, 0.2) is 5.75 Å². The fraction of sp³-hybridized carbons (Fsp3) is 0.200. The third-order valence-corrected chi connectivity index (χ3v) is 5.95. The zero-order chi connectivity index (χ0) is 19.6. The number of pyridine rings is 1. The van der Waals surface area contributed by atoms with Gasteiger partial charge in [0.1, 0.15) is 12.8 Å². The van der Waals surface area contributed by atoms with Gasteiger partial charge in [0, 0.05) is 23.1 Å². The van der Waals surface area contributed by atoms with Gasteiger partial charge in [0.2, 0.25) is 12.1 Å². The maximum absolute atomic E-state index is 7.29. The maximum Gasteiger partial charge on any atom is 0.256 e. The van der Waals surface area contributed by atoms with Crippen LogP contribution in [0.25, 0.3) is 37.8 Å². The summed E-state index contributed by atoms with van der Waals surface area (Å²) in [6.45, 7) is 14.2. The van der Waals surface area contributed by atoms with Crippen molar-refractivity contribution >= 4 is 21.7 Å². The Morgan fingerprint density at radius 2 is 1.86 bits per heavy atom. The van der Waals surface area contributed by atoms with Crippen molar-refractivity contribution in [3.05, 3.63) is 76.1 Å². The van der Waals surface area contributed by atoms with E-state index in [1.807, 2.05) is 12.1 Å².